The molecule has 3 aromatic rings. The van der Waals surface area contributed by atoms with Crippen LogP contribution in [0.1, 0.15) is 0 Å². The summed E-state index contributed by atoms with van der Waals surface area (Å²) < 4.78 is 42.9. The van der Waals surface area contributed by atoms with Crippen molar-refractivity contribution < 1.29 is 13.2 Å². The van der Waals surface area contributed by atoms with E-state index < -0.39 is 17.5 Å². The van der Waals surface area contributed by atoms with Gasteiger partial charge in [-0.15, -0.1) is 0 Å². The third-order valence-corrected chi connectivity index (χ3v) is 3.78. The minimum atomic E-state index is -0.773. The molecule has 0 fully saturated rings. The third-order valence-electron chi connectivity index (χ3n) is 2.89. The number of benzene rings is 2. The van der Waals surface area contributed by atoms with Crippen molar-refractivity contribution in [1.29, 1.82) is 0 Å². The van der Waals surface area contributed by atoms with E-state index in [0.29, 0.717) is 5.52 Å². The number of nitrogens with one attached hydrogen (secondary N) is 1. The number of imidazole rings is 1. The lowest BCUT2D eigenvalue weighted by Gasteiger charge is -2.07. The molecule has 3 rings (SSSR count). The van der Waals surface area contributed by atoms with E-state index in [4.69, 9.17) is 12.2 Å². The van der Waals surface area contributed by atoms with Crippen molar-refractivity contribution >= 4 is 39.2 Å². The Labute approximate surface area is 125 Å². The molecule has 0 aliphatic heterocycles. The van der Waals surface area contributed by atoms with E-state index in [2.05, 4.69) is 20.9 Å². The van der Waals surface area contributed by atoms with E-state index in [1.165, 1.54) is 12.1 Å². The van der Waals surface area contributed by atoms with Gasteiger partial charge >= 0.3 is 0 Å². The maximum absolute atomic E-state index is 13.9. The number of hydrogen-bond acceptors (Lipinski definition) is 1. The fourth-order valence-corrected chi connectivity index (χ4v) is 2.67. The number of hydrogen-bond donors (Lipinski definition) is 1. The molecule has 2 nitrogen and oxygen atoms in total. The quantitative estimate of drug-likeness (QED) is 0.615. The number of rotatable bonds is 1. The Balaban J connectivity index is 2.46. The van der Waals surface area contributed by atoms with Crippen molar-refractivity contribution in [2.45, 2.75) is 0 Å². The van der Waals surface area contributed by atoms with Crippen LogP contribution in [0.4, 0.5) is 13.2 Å². The zero-order valence-corrected chi connectivity index (χ0v) is 12.2. The van der Waals surface area contributed by atoms with Gasteiger partial charge in [0.25, 0.3) is 0 Å². The molecule has 1 heterocycles. The molecule has 0 saturated heterocycles. The maximum Gasteiger partial charge on any atom is 0.182 e. The molecule has 102 valence electrons. The van der Waals surface area contributed by atoms with Crippen LogP contribution in [0.5, 0.6) is 0 Å². The smallest absolute Gasteiger partial charge is 0.182 e. The SMILES string of the molecule is Fc1cc2c(cc1Br)[nH]c(=S)n2-c1c(F)cccc1F. The molecular formula is C13H6BrF3N2S. The number of H-pyrrole nitrogens is 1. The Morgan fingerprint density at radius 2 is 1.70 bits per heavy atom. The van der Waals surface area contributed by atoms with Gasteiger partial charge in [-0.25, -0.2) is 13.2 Å². The molecule has 0 aliphatic carbocycles. The van der Waals surface area contributed by atoms with Crippen molar-refractivity contribution in [2.75, 3.05) is 0 Å². The zero-order valence-electron chi connectivity index (χ0n) is 9.75. The molecule has 0 amide bonds. The predicted octanol–water partition coefficient (Wildman–Crippen LogP) is 4.87. The molecule has 0 bridgehead atoms. The molecule has 0 spiro atoms. The van der Waals surface area contributed by atoms with Crippen LogP contribution in [-0.2, 0) is 0 Å². The number of aromatic nitrogens is 2. The van der Waals surface area contributed by atoms with Gasteiger partial charge in [-0.05, 0) is 46.3 Å². The standard InChI is InChI=1S/C13H6BrF3N2S/c14-6-4-10-11(5-9(6)17)19(13(20)18-10)12-7(15)2-1-3-8(12)16/h1-5H,(H,18,20). The molecule has 0 saturated carbocycles. The average Bonchev–Trinajstić information content (AvgIpc) is 2.67. The van der Waals surface area contributed by atoms with Crippen LogP contribution >= 0.6 is 28.1 Å². The first-order valence-corrected chi connectivity index (χ1v) is 6.73. The van der Waals surface area contributed by atoms with Crippen molar-refractivity contribution in [1.82, 2.24) is 9.55 Å². The van der Waals surface area contributed by atoms with Gasteiger partial charge in [0.15, 0.2) is 4.77 Å². The van der Waals surface area contributed by atoms with Crippen LogP contribution < -0.4 is 0 Å². The number of fused-ring (bicyclic) bond motifs is 1. The van der Waals surface area contributed by atoms with Crippen molar-refractivity contribution in [3.63, 3.8) is 0 Å². The molecule has 20 heavy (non-hydrogen) atoms. The highest BCUT2D eigenvalue weighted by Crippen LogP contribution is 2.27. The van der Waals surface area contributed by atoms with Gasteiger partial charge in [0.1, 0.15) is 23.1 Å². The maximum atomic E-state index is 13.9. The second kappa shape index (κ2) is 4.75. The van der Waals surface area contributed by atoms with Gasteiger partial charge < -0.3 is 4.98 Å². The van der Waals surface area contributed by atoms with E-state index in [1.54, 1.807) is 0 Å². The van der Waals surface area contributed by atoms with Crippen LogP contribution in [0, 0.1) is 22.2 Å². The number of halogens is 4. The van der Waals surface area contributed by atoms with Crippen LogP contribution in [0.25, 0.3) is 16.7 Å². The average molecular weight is 359 g/mol. The van der Waals surface area contributed by atoms with Gasteiger partial charge in [-0.3, -0.25) is 4.57 Å². The molecule has 1 N–H and O–H groups in total. The third kappa shape index (κ3) is 1.97. The topological polar surface area (TPSA) is 20.7 Å². The lowest BCUT2D eigenvalue weighted by atomic mass is 10.2. The molecule has 2 aromatic carbocycles. The van der Waals surface area contributed by atoms with E-state index in [1.807, 2.05) is 0 Å². The number of aromatic amines is 1. The fraction of sp³-hybridized carbons (Fsp3) is 0. The summed E-state index contributed by atoms with van der Waals surface area (Å²) in [7, 11) is 0. The predicted molar refractivity (Wildman–Crippen MR) is 76.0 cm³/mol. The molecule has 0 aliphatic rings. The molecule has 1 aromatic heterocycles. The number of nitrogens with zero attached hydrogens (tertiary/aromatic N) is 1. The zero-order chi connectivity index (χ0) is 14.4. The minimum absolute atomic E-state index is 0.0847. The Morgan fingerprint density at radius 3 is 2.35 bits per heavy atom. The summed E-state index contributed by atoms with van der Waals surface area (Å²) in [6.45, 7) is 0. The molecule has 7 heteroatoms. The highest BCUT2D eigenvalue weighted by molar-refractivity contribution is 9.10. The largest absolute Gasteiger partial charge is 0.330 e. The first-order chi connectivity index (χ1) is 9.49. The van der Waals surface area contributed by atoms with Crippen LogP contribution in [0.2, 0.25) is 0 Å². The first kappa shape index (κ1) is 13.4. The van der Waals surface area contributed by atoms with Gasteiger partial charge in [-0.1, -0.05) is 6.07 Å². The highest BCUT2D eigenvalue weighted by Gasteiger charge is 2.16. The first-order valence-electron chi connectivity index (χ1n) is 5.53. The monoisotopic (exact) mass is 358 g/mol. The molecule has 0 unspecified atom stereocenters. The Bertz CT molecular complexity index is 865. The van der Waals surface area contributed by atoms with Crippen molar-refractivity contribution in [3.05, 3.63) is 57.0 Å². The van der Waals surface area contributed by atoms with Crippen molar-refractivity contribution in [3.8, 4) is 5.69 Å². The second-order valence-corrected chi connectivity index (χ2v) is 5.36. The summed E-state index contributed by atoms with van der Waals surface area (Å²) in [6.07, 6.45) is 0. The van der Waals surface area contributed by atoms with Crippen LogP contribution in [0.15, 0.2) is 34.8 Å². The Hall–Kier alpha value is -1.60. The summed E-state index contributed by atoms with van der Waals surface area (Å²) >= 11 is 8.13. The minimum Gasteiger partial charge on any atom is -0.330 e. The summed E-state index contributed by atoms with van der Waals surface area (Å²) in [5.74, 6) is -2.09. The van der Waals surface area contributed by atoms with E-state index in [-0.39, 0.29) is 20.4 Å². The summed E-state index contributed by atoms with van der Waals surface area (Å²) in [5, 5.41) is 0. The van der Waals surface area contributed by atoms with Gasteiger partial charge in [0.05, 0.1) is 15.5 Å². The molecular weight excluding hydrogens is 353 g/mol. The lowest BCUT2D eigenvalue weighted by molar-refractivity contribution is 0.570. The summed E-state index contributed by atoms with van der Waals surface area (Å²) in [5.41, 5.74) is 0.413. The van der Waals surface area contributed by atoms with Gasteiger partial charge in [0, 0.05) is 6.07 Å². The van der Waals surface area contributed by atoms with E-state index >= 15 is 0 Å². The van der Waals surface area contributed by atoms with Crippen LogP contribution in [-0.4, -0.2) is 9.55 Å². The van der Waals surface area contributed by atoms with Gasteiger partial charge in [-0.2, -0.15) is 0 Å². The summed E-state index contributed by atoms with van der Waals surface area (Å²) in [6, 6.07) is 6.12. The highest BCUT2D eigenvalue weighted by atomic mass is 79.9. The van der Waals surface area contributed by atoms with E-state index in [9.17, 15) is 13.2 Å². The fourth-order valence-electron chi connectivity index (χ4n) is 2.03. The van der Waals surface area contributed by atoms with Crippen LogP contribution in [0.3, 0.4) is 0 Å². The Kier molecular flexibility index (Phi) is 3.18. The lowest BCUT2D eigenvalue weighted by Crippen LogP contribution is -2.01. The molecule has 0 radical (unpaired) electrons. The molecule has 0 atom stereocenters. The Morgan fingerprint density at radius 1 is 1.05 bits per heavy atom. The van der Waals surface area contributed by atoms with Gasteiger partial charge in [0.2, 0.25) is 0 Å². The number of para-hydroxylation sites is 1. The van der Waals surface area contributed by atoms with E-state index in [0.717, 1.165) is 22.8 Å². The summed E-state index contributed by atoms with van der Waals surface area (Å²) in [4.78, 5) is 2.80. The second-order valence-electron chi connectivity index (χ2n) is 4.12. The normalized spacial score (nSPS) is 11.2. The van der Waals surface area contributed by atoms with Crippen molar-refractivity contribution in [2.24, 2.45) is 0 Å².